The molecule has 21 heavy (non-hydrogen) atoms. The molecule has 2 fully saturated rings. The number of likely N-dealkylation sites (tertiary alicyclic amines) is 1. The first-order chi connectivity index (χ1) is 10.1. The molecule has 3 atom stereocenters. The number of phenols is 1. The van der Waals surface area contributed by atoms with E-state index < -0.39 is 0 Å². The van der Waals surface area contributed by atoms with E-state index in [0.717, 1.165) is 25.3 Å². The lowest BCUT2D eigenvalue weighted by Gasteiger charge is -2.54. The Balaban J connectivity index is 1.73. The molecule has 1 saturated heterocycles. The zero-order valence-corrected chi connectivity index (χ0v) is 13.0. The second-order valence-electron chi connectivity index (χ2n) is 7.38. The van der Waals surface area contributed by atoms with Crippen LogP contribution in [0.25, 0.3) is 0 Å². The second-order valence-corrected chi connectivity index (χ2v) is 7.38. The van der Waals surface area contributed by atoms with Gasteiger partial charge in [-0.2, -0.15) is 0 Å². The molecule has 1 aromatic rings. The normalized spacial score (nSPS) is 35.5. The van der Waals surface area contributed by atoms with Gasteiger partial charge in [0.1, 0.15) is 5.75 Å². The minimum atomic E-state index is 0.0335. The molecule has 0 radical (unpaired) electrons. The molecule has 1 saturated carbocycles. The minimum absolute atomic E-state index is 0.0335. The molecule has 2 aliphatic carbocycles. The number of methoxy groups -OCH3 is 1. The summed E-state index contributed by atoms with van der Waals surface area (Å²) in [5, 5.41) is 9.89. The molecule has 0 spiro atoms. The van der Waals surface area contributed by atoms with E-state index >= 15 is 0 Å². The largest absolute Gasteiger partial charge is 0.508 e. The van der Waals surface area contributed by atoms with E-state index in [-0.39, 0.29) is 11.5 Å². The lowest BCUT2D eigenvalue weighted by molar-refractivity contribution is -0.0758. The molecule has 0 aromatic heterocycles. The van der Waals surface area contributed by atoms with Gasteiger partial charge in [-0.05, 0) is 61.4 Å². The highest BCUT2D eigenvalue weighted by Gasteiger charge is 2.51. The van der Waals surface area contributed by atoms with Gasteiger partial charge >= 0.3 is 0 Å². The van der Waals surface area contributed by atoms with E-state index in [0.29, 0.717) is 11.8 Å². The number of piperidine rings is 1. The van der Waals surface area contributed by atoms with Crippen LogP contribution in [0.3, 0.4) is 0 Å². The van der Waals surface area contributed by atoms with Crippen molar-refractivity contribution in [1.29, 1.82) is 0 Å². The van der Waals surface area contributed by atoms with E-state index in [9.17, 15) is 5.11 Å². The van der Waals surface area contributed by atoms with Crippen molar-refractivity contribution in [2.75, 3.05) is 20.2 Å². The third-order valence-corrected chi connectivity index (χ3v) is 5.95. The summed E-state index contributed by atoms with van der Waals surface area (Å²) in [6.45, 7) is 4.72. The third-order valence-electron chi connectivity index (χ3n) is 5.95. The highest BCUT2D eigenvalue weighted by molar-refractivity contribution is 5.45. The summed E-state index contributed by atoms with van der Waals surface area (Å²) >= 11 is 0. The smallest absolute Gasteiger partial charge is 0.115 e. The monoisotopic (exact) mass is 287 g/mol. The predicted octanol–water partition coefficient (Wildman–Crippen LogP) is 2.71. The SMILES string of the molecule is CO[C@@H]1[C@H]2Cc3ccc(O)cc3[C@]1(C)CCN2CC1CC1. The van der Waals surface area contributed by atoms with Crippen molar-refractivity contribution in [2.24, 2.45) is 5.92 Å². The maximum atomic E-state index is 9.89. The van der Waals surface area contributed by atoms with Crippen LogP contribution in [0.5, 0.6) is 5.75 Å². The number of hydrogen-bond acceptors (Lipinski definition) is 3. The average Bonchev–Trinajstić information content (AvgIpc) is 3.27. The van der Waals surface area contributed by atoms with E-state index in [1.807, 2.05) is 19.2 Å². The zero-order valence-electron chi connectivity index (χ0n) is 13.0. The van der Waals surface area contributed by atoms with E-state index in [1.54, 1.807) is 0 Å². The van der Waals surface area contributed by atoms with Crippen molar-refractivity contribution in [1.82, 2.24) is 4.90 Å². The molecule has 3 nitrogen and oxygen atoms in total. The van der Waals surface area contributed by atoms with Crippen molar-refractivity contribution in [3.63, 3.8) is 0 Å². The molecule has 0 unspecified atom stereocenters. The molecule has 4 rings (SSSR count). The molecular weight excluding hydrogens is 262 g/mol. The van der Waals surface area contributed by atoms with Crippen LogP contribution < -0.4 is 0 Å². The van der Waals surface area contributed by atoms with Crippen molar-refractivity contribution in [3.8, 4) is 5.75 Å². The lowest BCUT2D eigenvalue weighted by Crippen LogP contribution is -2.63. The predicted molar refractivity (Wildman–Crippen MR) is 82.7 cm³/mol. The van der Waals surface area contributed by atoms with E-state index in [2.05, 4.69) is 17.9 Å². The van der Waals surface area contributed by atoms with Gasteiger partial charge in [-0.25, -0.2) is 0 Å². The van der Waals surface area contributed by atoms with Gasteiger partial charge in [0.25, 0.3) is 0 Å². The Kier molecular flexibility index (Phi) is 3.05. The van der Waals surface area contributed by atoms with Gasteiger partial charge in [0.2, 0.25) is 0 Å². The summed E-state index contributed by atoms with van der Waals surface area (Å²) in [7, 11) is 1.85. The van der Waals surface area contributed by atoms with Crippen molar-refractivity contribution >= 4 is 0 Å². The third kappa shape index (κ3) is 2.09. The van der Waals surface area contributed by atoms with Crippen molar-refractivity contribution in [2.45, 2.75) is 50.2 Å². The molecule has 3 aliphatic rings. The highest BCUT2D eigenvalue weighted by atomic mass is 16.5. The number of nitrogens with zero attached hydrogens (tertiary/aromatic N) is 1. The molecule has 0 amide bonds. The Morgan fingerprint density at radius 1 is 1.38 bits per heavy atom. The fourth-order valence-corrected chi connectivity index (χ4v) is 4.60. The molecule has 114 valence electrons. The van der Waals surface area contributed by atoms with Crippen molar-refractivity contribution in [3.05, 3.63) is 29.3 Å². The van der Waals surface area contributed by atoms with Crippen LogP contribution in [0.1, 0.15) is 37.3 Å². The van der Waals surface area contributed by atoms with Crippen LogP contribution in [0, 0.1) is 5.92 Å². The fourth-order valence-electron chi connectivity index (χ4n) is 4.60. The Morgan fingerprint density at radius 3 is 2.90 bits per heavy atom. The van der Waals surface area contributed by atoms with Gasteiger partial charge in [-0.1, -0.05) is 13.0 Å². The quantitative estimate of drug-likeness (QED) is 0.928. The number of aromatic hydroxyl groups is 1. The van der Waals surface area contributed by atoms with Crippen LogP contribution in [0.15, 0.2) is 18.2 Å². The minimum Gasteiger partial charge on any atom is -0.508 e. The van der Waals surface area contributed by atoms with Gasteiger partial charge in [0.15, 0.2) is 0 Å². The Labute approximate surface area is 126 Å². The molecule has 2 bridgehead atoms. The van der Waals surface area contributed by atoms with Crippen LogP contribution >= 0.6 is 0 Å². The Morgan fingerprint density at radius 2 is 2.19 bits per heavy atom. The second kappa shape index (κ2) is 4.72. The number of benzene rings is 1. The summed E-state index contributed by atoms with van der Waals surface area (Å²) < 4.78 is 5.97. The van der Waals surface area contributed by atoms with E-state index in [4.69, 9.17) is 4.74 Å². The van der Waals surface area contributed by atoms with Gasteiger partial charge in [-0.15, -0.1) is 0 Å². The first-order valence-corrected chi connectivity index (χ1v) is 8.21. The maximum Gasteiger partial charge on any atom is 0.115 e. The van der Waals surface area contributed by atoms with Crippen LogP contribution in [-0.4, -0.2) is 42.4 Å². The van der Waals surface area contributed by atoms with Crippen LogP contribution in [0.2, 0.25) is 0 Å². The molecule has 1 aromatic carbocycles. The van der Waals surface area contributed by atoms with Crippen LogP contribution in [-0.2, 0) is 16.6 Å². The number of ether oxygens (including phenoxy) is 1. The molecule has 1 aliphatic heterocycles. The number of hydrogen-bond donors (Lipinski definition) is 1. The van der Waals surface area contributed by atoms with Gasteiger partial charge in [0.05, 0.1) is 6.10 Å². The maximum absolute atomic E-state index is 9.89. The topological polar surface area (TPSA) is 32.7 Å². The summed E-state index contributed by atoms with van der Waals surface area (Å²) in [5.41, 5.74) is 2.73. The Bertz CT molecular complexity index is 554. The summed E-state index contributed by atoms with van der Waals surface area (Å²) in [4.78, 5) is 2.67. The molecule has 3 heteroatoms. The highest BCUT2D eigenvalue weighted by Crippen LogP contribution is 2.47. The molecule has 1 heterocycles. The van der Waals surface area contributed by atoms with Crippen LogP contribution in [0.4, 0.5) is 0 Å². The van der Waals surface area contributed by atoms with E-state index in [1.165, 1.54) is 30.5 Å². The summed E-state index contributed by atoms with van der Waals surface area (Å²) in [5.74, 6) is 1.30. The van der Waals surface area contributed by atoms with Gasteiger partial charge in [-0.3, -0.25) is 4.90 Å². The van der Waals surface area contributed by atoms with Crippen molar-refractivity contribution < 1.29 is 9.84 Å². The molecule has 1 N–H and O–H groups in total. The Hall–Kier alpha value is -1.06. The lowest BCUT2D eigenvalue weighted by atomic mass is 9.63. The average molecular weight is 287 g/mol. The van der Waals surface area contributed by atoms with Gasteiger partial charge in [0, 0.05) is 25.1 Å². The zero-order chi connectivity index (χ0) is 14.6. The summed E-state index contributed by atoms with van der Waals surface area (Å²) in [6, 6.07) is 6.40. The number of fused-ring (bicyclic) bond motifs is 4. The number of rotatable bonds is 3. The number of phenolic OH excluding ortho intramolecular Hbond substituents is 1. The molecular formula is C18H25NO2. The first kappa shape index (κ1) is 13.6. The first-order valence-electron chi connectivity index (χ1n) is 8.21. The standard InChI is InChI=1S/C18H25NO2/c1-18-7-8-19(11-12-3-4-12)16(17(18)21-2)9-13-5-6-14(20)10-15(13)18/h5-6,10,12,16-17,20H,3-4,7-9,11H2,1-2H3/t16-,17-,18+/m1/s1. The fraction of sp³-hybridized carbons (Fsp3) is 0.667. The van der Waals surface area contributed by atoms with Gasteiger partial charge < -0.3 is 9.84 Å². The summed E-state index contributed by atoms with van der Waals surface area (Å²) in [6.07, 6.45) is 5.21.